The van der Waals surface area contributed by atoms with Gasteiger partial charge in [0.25, 0.3) is 5.88 Å². The molecule has 1 N–H and O–H groups in total. The summed E-state index contributed by atoms with van der Waals surface area (Å²) in [6.45, 7) is 1.16. The number of fused-ring (bicyclic) bond motifs is 2. The van der Waals surface area contributed by atoms with Crippen molar-refractivity contribution in [2.75, 3.05) is 31.7 Å². The fraction of sp³-hybridized carbons (Fsp3) is 0.559. The molecule has 3 aliphatic rings. The number of benzene rings is 1. The van der Waals surface area contributed by atoms with Crippen LogP contribution in [0.4, 0.5) is 20.4 Å². The number of aromatic nitrogens is 8. The van der Waals surface area contributed by atoms with Crippen LogP contribution < -0.4 is 14.8 Å². The molecule has 7 rings (SSSR count). The summed E-state index contributed by atoms with van der Waals surface area (Å²) in [5.41, 5.74) is 2.47. The van der Waals surface area contributed by atoms with Crippen LogP contribution >= 0.6 is 0 Å². The van der Waals surface area contributed by atoms with E-state index in [1.807, 2.05) is 23.9 Å². The highest BCUT2D eigenvalue weighted by Crippen LogP contribution is 2.39. The minimum atomic E-state index is -2.82. The highest BCUT2D eigenvalue weighted by atomic mass is 19.3. The van der Waals surface area contributed by atoms with Crippen molar-refractivity contribution in [3.05, 3.63) is 48.7 Å². The zero-order chi connectivity index (χ0) is 35.2. The van der Waals surface area contributed by atoms with Gasteiger partial charge < -0.3 is 24.3 Å². The van der Waals surface area contributed by atoms with Gasteiger partial charge in [-0.3, -0.25) is 9.58 Å². The Morgan fingerprint density at radius 1 is 1.00 bits per heavy atom. The lowest BCUT2D eigenvalue weighted by atomic mass is 9.89. The number of tetrazole rings is 1. The number of nitrogens with one attached hydrogen (secondary N) is 1. The average molecular weight is 706 g/mol. The number of alkyl halides is 2. The van der Waals surface area contributed by atoms with Crippen LogP contribution in [0.5, 0.6) is 11.6 Å². The number of rotatable bonds is 15. The quantitative estimate of drug-likeness (QED) is 0.169. The Morgan fingerprint density at radius 2 is 1.75 bits per heavy atom. The van der Waals surface area contributed by atoms with Gasteiger partial charge in [0.05, 0.1) is 50.8 Å². The lowest BCUT2D eigenvalue weighted by molar-refractivity contribution is -0.130. The molecule has 3 fully saturated rings. The van der Waals surface area contributed by atoms with Crippen molar-refractivity contribution < 1.29 is 27.7 Å². The summed E-state index contributed by atoms with van der Waals surface area (Å²) < 4.78 is 50.6. The van der Waals surface area contributed by atoms with Crippen molar-refractivity contribution in [1.29, 1.82) is 5.26 Å². The molecule has 1 aliphatic carbocycles. The van der Waals surface area contributed by atoms with Crippen molar-refractivity contribution in [2.24, 2.45) is 0 Å². The molecule has 3 aromatic heterocycles. The molecule has 2 aliphatic heterocycles. The molecule has 0 unspecified atom stereocenters. The van der Waals surface area contributed by atoms with Gasteiger partial charge in [0.2, 0.25) is 5.95 Å². The third-order valence-electron chi connectivity index (χ3n) is 9.73. The van der Waals surface area contributed by atoms with Crippen molar-refractivity contribution in [2.45, 2.75) is 95.3 Å². The van der Waals surface area contributed by atoms with E-state index in [9.17, 15) is 14.0 Å². The predicted molar refractivity (Wildman–Crippen MR) is 178 cm³/mol. The summed E-state index contributed by atoms with van der Waals surface area (Å²) in [7, 11) is 0. The third kappa shape index (κ3) is 8.41. The van der Waals surface area contributed by atoms with Gasteiger partial charge in [-0.05, 0) is 73.6 Å². The van der Waals surface area contributed by atoms with Crippen LogP contribution in [0.3, 0.4) is 0 Å². The number of halogens is 2. The molecule has 2 saturated heterocycles. The Kier molecular flexibility index (Phi) is 10.9. The van der Waals surface area contributed by atoms with Gasteiger partial charge in [-0.2, -0.15) is 14.0 Å². The molecule has 2 bridgehead atoms. The van der Waals surface area contributed by atoms with Crippen LogP contribution in [0.2, 0.25) is 0 Å². The maximum Gasteiger partial charge on any atom is 0.345 e. The molecule has 1 saturated carbocycles. The second-order valence-corrected chi connectivity index (χ2v) is 13.2. The maximum absolute atomic E-state index is 12.5. The van der Waals surface area contributed by atoms with Gasteiger partial charge in [-0.25, -0.2) is 14.6 Å². The number of hydrogen-bond donors (Lipinski definition) is 1. The van der Waals surface area contributed by atoms with E-state index in [0.717, 1.165) is 50.0 Å². The molecule has 15 nitrogen and oxygen atoms in total. The first-order valence-electron chi connectivity index (χ1n) is 17.4. The fourth-order valence-corrected chi connectivity index (χ4v) is 7.37. The molecule has 3 atom stereocenters. The van der Waals surface area contributed by atoms with Crippen molar-refractivity contribution >= 4 is 11.6 Å². The lowest BCUT2D eigenvalue weighted by Crippen LogP contribution is -2.52. The Labute approximate surface area is 293 Å². The zero-order valence-electron chi connectivity index (χ0n) is 28.4. The molecule has 51 heavy (non-hydrogen) atoms. The van der Waals surface area contributed by atoms with Crippen molar-refractivity contribution in [3.63, 3.8) is 0 Å². The molecule has 17 heteroatoms. The standard InChI is InChI=1S/C34H41F2N11O4/c1-22(17-45-21-40-43-44-45)51-31-13-23(3-4-24(31)14-37)25-15-38-34(39-16-25)41-30-18-46(42-32(30)49-11-2-12-50-33(35)36)26-5-7-27(8-6-26)47-28-9-10-29(47)20-48-19-28/h3-4,13,15-16,18,21-22,26-29,33H,2,5-12,17,19-20H2,1H3,(H,38,39,41)/t22-,26?,27?,28-,29+/m0/s1. The van der Waals surface area contributed by atoms with E-state index in [0.29, 0.717) is 53.5 Å². The first kappa shape index (κ1) is 34.6. The highest BCUT2D eigenvalue weighted by Gasteiger charge is 2.42. The molecule has 270 valence electrons. The highest BCUT2D eigenvalue weighted by molar-refractivity contribution is 5.67. The summed E-state index contributed by atoms with van der Waals surface area (Å²) in [6, 6.07) is 9.31. The van der Waals surface area contributed by atoms with E-state index in [2.05, 4.69) is 46.5 Å². The fourth-order valence-electron chi connectivity index (χ4n) is 7.37. The van der Waals surface area contributed by atoms with Gasteiger partial charge >= 0.3 is 6.61 Å². The van der Waals surface area contributed by atoms with E-state index in [-0.39, 0.29) is 31.8 Å². The van der Waals surface area contributed by atoms with Gasteiger partial charge in [0, 0.05) is 42.5 Å². The van der Waals surface area contributed by atoms with E-state index in [4.69, 9.17) is 19.3 Å². The smallest absolute Gasteiger partial charge is 0.345 e. The number of nitrogens with zero attached hydrogens (tertiary/aromatic N) is 10. The predicted octanol–water partition coefficient (Wildman–Crippen LogP) is 4.76. The summed E-state index contributed by atoms with van der Waals surface area (Å²) in [4.78, 5) is 11.8. The molecule has 0 radical (unpaired) electrons. The van der Waals surface area contributed by atoms with E-state index in [1.165, 1.54) is 19.2 Å². The number of anilines is 2. The number of hydrogen-bond acceptors (Lipinski definition) is 13. The second-order valence-electron chi connectivity index (χ2n) is 13.2. The first-order chi connectivity index (χ1) is 24.9. The Hall–Kier alpha value is -4.79. The Balaban J connectivity index is 1.02. The van der Waals surface area contributed by atoms with Gasteiger partial charge in [-0.15, -0.1) is 10.2 Å². The van der Waals surface area contributed by atoms with Crippen LogP contribution in [-0.2, 0) is 16.0 Å². The molecule has 0 spiro atoms. The van der Waals surface area contributed by atoms with Crippen LogP contribution in [0.1, 0.15) is 63.5 Å². The second kappa shape index (κ2) is 16.0. The maximum atomic E-state index is 12.5. The summed E-state index contributed by atoms with van der Waals surface area (Å²) in [5.74, 6) is 1.10. The number of ether oxygens (including phenoxy) is 4. The van der Waals surface area contributed by atoms with Crippen LogP contribution in [-0.4, -0.2) is 102 Å². The molecular weight excluding hydrogens is 664 g/mol. The molecule has 0 amide bonds. The van der Waals surface area contributed by atoms with Crippen molar-refractivity contribution in [3.8, 4) is 28.8 Å². The van der Waals surface area contributed by atoms with Gasteiger partial charge in [0.1, 0.15) is 29.9 Å². The molecular formula is C34H41F2N11O4. The molecule has 1 aromatic carbocycles. The van der Waals surface area contributed by atoms with E-state index < -0.39 is 6.61 Å². The Bertz CT molecular complexity index is 1740. The van der Waals surface area contributed by atoms with Crippen LogP contribution in [0, 0.1) is 11.3 Å². The molecule has 4 aromatic rings. The SMILES string of the molecule is C[C@@H](Cn1cnnn1)Oc1cc(-c2cnc(Nc3cn(C4CCC(N5[C@@H]6CC[C@H]5COC6)CC4)nc3OCCCOC(F)F)nc2)ccc1C#N. The topological polar surface area (TPSA) is 163 Å². The van der Waals surface area contributed by atoms with E-state index in [1.54, 1.807) is 29.2 Å². The van der Waals surface area contributed by atoms with E-state index >= 15 is 0 Å². The average Bonchev–Trinajstić information content (AvgIpc) is 3.86. The Morgan fingerprint density at radius 3 is 2.45 bits per heavy atom. The summed E-state index contributed by atoms with van der Waals surface area (Å²) >= 11 is 0. The molecule has 5 heterocycles. The largest absolute Gasteiger partial charge is 0.487 e. The van der Waals surface area contributed by atoms with Crippen LogP contribution in [0.15, 0.2) is 43.1 Å². The van der Waals surface area contributed by atoms with Gasteiger partial charge in [0.15, 0.2) is 0 Å². The number of morpholine rings is 1. The van der Waals surface area contributed by atoms with Crippen LogP contribution in [0.25, 0.3) is 11.1 Å². The van der Waals surface area contributed by atoms with Crippen molar-refractivity contribution in [1.82, 2.24) is 44.9 Å². The lowest BCUT2D eigenvalue weighted by Gasteiger charge is -2.43. The van der Waals surface area contributed by atoms with Gasteiger partial charge in [-0.1, -0.05) is 6.07 Å². The zero-order valence-corrected chi connectivity index (χ0v) is 28.4. The summed E-state index contributed by atoms with van der Waals surface area (Å²) in [6.07, 6.45) is 13.3. The summed E-state index contributed by atoms with van der Waals surface area (Å²) in [5, 5.41) is 28.8. The monoisotopic (exact) mass is 705 g/mol. The minimum Gasteiger partial charge on any atom is -0.487 e. The number of nitriles is 1. The first-order valence-corrected chi connectivity index (χ1v) is 17.4. The third-order valence-corrected chi connectivity index (χ3v) is 9.73. The minimum absolute atomic E-state index is 0.125. The normalized spacial score (nSPS) is 22.5.